The van der Waals surface area contributed by atoms with Crippen LogP contribution in [-0.4, -0.2) is 21.3 Å². The molecule has 7 heteroatoms. The maximum atomic E-state index is 12.4. The number of nitrogens with one attached hydrogen (secondary N) is 1. The van der Waals surface area contributed by atoms with Crippen LogP contribution in [0.25, 0.3) is 11.7 Å². The van der Waals surface area contributed by atoms with Gasteiger partial charge < -0.3 is 10.1 Å². The number of esters is 1. The van der Waals surface area contributed by atoms with Crippen molar-refractivity contribution in [2.24, 2.45) is 0 Å². The van der Waals surface area contributed by atoms with Crippen molar-refractivity contribution in [1.82, 2.24) is 14.7 Å². The van der Waals surface area contributed by atoms with Crippen LogP contribution in [-0.2, 0) is 20.9 Å². The summed E-state index contributed by atoms with van der Waals surface area (Å²) in [5.74, 6) is -1.11. The van der Waals surface area contributed by atoms with E-state index in [1.54, 1.807) is 24.4 Å². The van der Waals surface area contributed by atoms with Crippen LogP contribution in [0.2, 0.25) is 0 Å². The van der Waals surface area contributed by atoms with Gasteiger partial charge in [0.2, 0.25) is 5.91 Å². The van der Waals surface area contributed by atoms with Gasteiger partial charge in [0.25, 0.3) is 5.56 Å². The highest BCUT2D eigenvalue weighted by molar-refractivity contribution is 5.97. The molecular formula is C21H19N3O4. The van der Waals surface area contributed by atoms with Crippen molar-refractivity contribution >= 4 is 23.6 Å². The summed E-state index contributed by atoms with van der Waals surface area (Å²) in [5, 5.41) is 2.47. The van der Waals surface area contributed by atoms with Gasteiger partial charge in [-0.25, -0.2) is 9.78 Å². The highest BCUT2D eigenvalue weighted by atomic mass is 16.5. The number of aromatic nitrogens is 2. The highest BCUT2D eigenvalue weighted by Gasteiger charge is 2.14. The molecule has 2 heterocycles. The Labute approximate surface area is 161 Å². The van der Waals surface area contributed by atoms with Crippen molar-refractivity contribution in [3.63, 3.8) is 0 Å². The lowest BCUT2D eigenvalue weighted by Crippen LogP contribution is -2.26. The number of ether oxygens (including phenoxy) is 1. The van der Waals surface area contributed by atoms with Crippen molar-refractivity contribution in [2.45, 2.75) is 20.5 Å². The lowest BCUT2D eigenvalue weighted by atomic mass is 10.2. The molecule has 0 fully saturated rings. The molecule has 3 aromatic rings. The summed E-state index contributed by atoms with van der Waals surface area (Å²) in [5.41, 5.74) is 2.20. The number of carbonyl (C=O) groups excluding carboxylic acids is 2. The van der Waals surface area contributed by atoms with E-state index in [-0.39, 0.29) is 17.9 Å². The fourth-order valence-corrected chi connectivity index (χ4v) is 2.60. The maximum absolute atomic E-state index is 12.4. The number of hydrogen-bond acceptors (Lipinski definition) is 5. The number of benzene rings is 1. The monoisotopic (exact) mass is 377 g/mol. The third-order valence-electron chi connectivity index (χ3n) is 3.85. The van der Waals surface area contributed by atoms with Crippen LogP contribution in [0.4, 0.5) is 0 Å². The normalized spacial score (nSPS) is 11.3. The largest absolute Gasteiger partial charge is 0.455 e. The second kappa shape index (κ2) is 8.30. The van der Waals surface area contributed by atoms with Crippen LogP contribution in [0, 0.1) is 6.92 Å². The Balaban J connectivity index is 1.80. The number of carbonyl (C=O) groups is 2. The molecule has 7 nitrogen and oxygen atoms in total. The van der Waals surface area contributed by atoms with E-state index in [1.165, 1.54) is 23.5 Å². The molecule has 142 valence electrons. The minimum Gasteiger partial charge on any atom is -0.455 e. The van der Waals surface area contributed by atoms with Gasteiger partial charge in [0.05, 0.1) is 5.69 Å². The molecule has 1 N–H and O–H groups in total. The van der Waals surface area contributed by atoms with Crippen molar-refractivity contribution in [3.8, 4) is 0 Å². The predicted octanol–water partition coefficient (Wildman–Crippen LogP) is 2.22. The number of rotatable bonds is 5. The molecule has 3 rings (SSSR count). The first-order chi connectivity index (χ1) is 13.4. The summed E-state index contributed by atoms with van der Waals surface area (Å²) < 4.78 is 6.69. The van der Waals surface area contributed by atoms with Crippen LogP contribution in [0.3, 0.4) is 0 Å². The molecule has 1 amide bonds. The van der Waals surface area contributed by atoms with Gasteiger partial charge in [-0.05, 0) is 30.2 Å². The van der Waals surface area contributed by atoms with E-state index in [4.69, 9.17) is 4.74 Å². The summed E-state index contributed by atoms with van der Waals surface area (Å²) in [6.45, 7) is 2.99. The minimum atomic E-state index is -0.718. The first-order valence-corrected chi connectivity index (χ1v) is 8.63. The zero-order valence-corrected chi connectivity index (χ0v) is 15.5. The summed E-state index contributed by atoms with van der Waals surface area (Å²) in [4.78, 5) is 40.4. The Morgan fingerprint density at radius 3 is 2.64 bits per heavy atom. The third kappa shape index (κ3) is 4.70. The standard InChI is InChI=1S/C21H19N3O4/c1-14-8-9-19-23-17(11-20(26)24(19)12-14)13-28-21(27)18(22-15(2)25)10-16-6-4-3-5-7-16/h3-12H,13H2,1-2H3,(H,22,25)/b18-10-. The molecular weight excluding hydrogens is 358 g/mol. The van der Waals surface area contributed by atoms with E-state index in [0.29, 0.717) is 11.3 Å². The number of hydrogen-bond donors (Lipinski definition) is 1. The zero-order valence-electron chi connectivity index (χ0n) is 15.5. The number of fused-ring (bicyclic) bond motifs is 1. The van der Waals surface area contributed by atoms with Crippen molar-refractivity contribution in [2.75, 3.05) is 0 Å². The van der Waals surface area contributed by atoms with E-state index in [1.807, 2.05) is 31.2 Å². The Morgan fingerprint density at radius 2 is 1.93 bits per heavy atom. The lowest BCUT2D eigenvalue weighted by Gasteiger charge is -2.09. The van der Waals surface area contributed by atoms with E-state index in [9.17, 15) is 14.4 Å². The highest BCUT2D eigenvalue weighted by Crippen LogP contribution is 2.08. The number of amides is 1. The van der Waals surface area contributed by atoms with Crippen molar-refractivity contribution in [3.05, 3.63) is 87.6 Å². The fourth-order valence-electron chi connectivity index (χ4n) is 2.60. The number of aryl methyl sites for hydroxylation is 1. The minimum absolute atomic E-state index is 0.00633. The second-order valence-electron chi connectivity index (χ2n) is 6.25. The lowest BCUT2D eigenvalue weighted by molar-refractivity contribution is -0.141. The summed E-state index contributed by atoms with van der Waals surface area (Å²) in [6.07, 6.45) is 3.22. The summed E-state index contributed by atoms with van der Waals surface area (Å²) >= 11 is 0. The molecule has 1 aromatic carbocycles. The van der Waals surface area contributed by atoms with Crippen LogP contribution >= 0.6 is 0 Å². The third-order valence-corrected chi connectivity index (χ3v) is 3.85. The Hall–Kier alpha value is -3.74. The second-order valence-corrected chi connectivity index (χ2v) is 6.25. The van der Waals surface area contributed by atoms with Gasteiger partial charge in [-0.3, -0.25) is 14.0 Å². The Kier molecular flexibility index (Phi) is 5.64. The van der Waals surface area contributed by atoms with Crippen LogP contribution < -0.4 is 10.9 Å². The van der Waals surface area contributed by atoms with Gasteiger partial charge in [0.1, 0.15) is 18.0 Å². The van der Waals surface area contributed by atoms with Gasteiger partial charge >= 0.3 is 5.97 Å². The topological polar surface area (TPSA) is 89.8 Å². The molecule has 28 heavy (non-hydrogen) atoms. The van der Waals surface area contributed by atoms with Crippen molar-refractivity contribution < 1.29 is 14.3 Å². The first-order valence-electron chi connectivity index (χ1n) is 8.63. The van der Waals surface area contributed by atoms with Crippen LogP contribution in [0.5, 0.6) is 0 Å². The van der Waals surface area contributed by atoms with Crippen LogP contribution in [0.15, 0.2) is 65.2 Å². The molecule has 0 aliphatic heterocycles. The smallest absolute Gasteiger partial charge is 0.355 e. The average Bonchev–Trinajstić information content (AvgIpc) is 2.66. The fraction of sp³-hybridized carbons (Fsp3) is 0.143. The molecule has 0 aliphatic rings. The SMILES string of the molecule is CC(=O)N/C(=C\c1ccccc1)C(=O)OCc1cc(=O)n2cc(C)ccc2n1. The predicted molar refractivity (Wildman–Crippen MR) is 104 cm³/mol. The van der Waals surface area contributed by atoms with Gasteiger partial charge in [0, 0.05) is 19.2 Å². The molecule has 0 saturated carbocycles. The van der Waals surface area contributed by atoms with Gasteiger partial charge in [-0.2, -0.15) is 0 Å². The molecule has 0 aliphatic carbocycles. The average molecular weight is 377 g/mol. The molecule has 0 atom stereocenters. The molecule has 0 saturated heterocycles. The molecule has 2 aromatic heterocycles. The summed E-state index contributed by atoms with van der Waals surface area (Å²) in [7, 11) is 0. The van der Waals surface area contributed by atoms with Crippen LogP contribution in [0.1, 0.15) is 23.7 Å². The van der Waals surface area contributed by atoms with Gasteiger partial charge in [-0.1, -0.05) is 36.4 Å². The van der Waals surface area contributed by atoms with Crippen molar-refractivity contribution in [1.29, 1.82) is 0 Å². The molecule has 0 spiro atoms. The number of nitrogens with zero attached hydrogens (tertiary/aromatic N) is 2. The molecule has 0 radical (unpaired) electrons. The van der Waals surface area contributed by atoms with E-state index in [2.05, 4.69) is 10.3 Å². The first kappa shape index (κ1) is 19.0. The van der Waals surface area contributed by atoms with E-state index in [0.717, 1.165) is 11.1 Å². The maximum Gasteiger partial charge on any atom is 0.355 e. The summed E-state index contributed by atoms with van der Waals surface area (Å²) in [6, 6.07) is 14.0. The molecule has 0 unspecified atom stereocenters. The quantitative estimate of drug-likeness (QED) is 0.544. The Morgan fingerprint density at radius 1 is 1.18 bits per heavy atom. The van der Waals surface area contributed by atoms with Gasteiger partial charge in [-0.15, -0.1) is 0 Å². The van der Waals surface area contributed by atoms with Gasteiger partial charge in [0.15, 0.2) is 0 Å². The molecule has 0 bridgehead atoms. The Bertz CT molecular complexity index is 1120. The van der Waals surface area contributed by atoms with E-state index < -0.39 is 11.9 Å². The zero-order chi connectivity index (χ0) is 20.1. The van der Waals surface area contributed by atoms with E-state index >= 15 is 0 Å². The number of pyridine rings is 1.